The van der Waals surface area contributed by atoms with Gasteiger partial charge < -0.3 is 10.1 Å². The van der Waals surface area contributed by atoms with Gasteiger partial charge in [0.2, 0.25) is 0 Å². The first-order valence-corrected chi connectivity index (χ1v) is 10.8. The second-order valence-electron chi connectivity index (χ2n) is 7.05. The summed E-state index contributed by atoms with van der Waals surface area (Å²) in [4.78, 5) is 8.38. The SMILES string of the molecule is CS(=O)(=O)c1cnc(C2CCC(OCC3CCNCC3)CC2)cn1. The molecule has 1 aromatic heterocycles. The van der Waals surface area contributed by atoms with Gasteiger partial charge in [0.25, 0.3) is 0 Å². The third-order valence-electron chi connectivity index (χ3n) is 5.15. The van der Waals surface area contributed by atoms with Crippen LogP contribution in [-0.2, 0) is 14.6 Å². The summed E-state index contributed by atoms with van der Waals surface area (Å²) in [5, 5.41) is 3.43. The largest absolute Gasteiger partial charge is 0.378 e. The van der Waals surface area contributed by atoms with E-state index < -0.39 is 9.84 Å². The topological polar surface area (TPSA) is 81.2 Å². The minimum atomic E-state index is -3.28. The molecule has 0 atom stereocenters. The van der Waals surface area contributed by atoms with Gasteiger partial charge in [0, 0.05) is 18.8 Å². The fraction of sp³-hybridized carbons (Fsp3) is 0.765. The van der Waals surface area contributed by atoms with Gasteiger partial charge in [-0.1, -0.05) is 0 Å². The second-order valence-corrected chi connectivity index (χ2v) is 9.01. The molecule has 0 radical (unpaired) electrons. The first kappa shape index (κ1) is 17.8. The number of nitrogens with one attached hydrogen (secondary N) is 1. The summed E-state index contributed by atoms with van der Waals surface area (Å²) in [5.41, 5.74) is 0.902. The molecule has 0 unspecified atom stereocenters. The van der Waals surface area contributed by atoms with Crippen LogP contribution >= 0.6 is 0 Å². The molecule has 0 aromatic carbocycles. The van der Waals surface area contributed by atoms with Gasteiger partial charge in [-0.3, -0.25) is 4.98 Å². The maximum atomic E-state index is 11.4. The molecule has 0 amide bonds. The highest BCUT2D eigenvalue weighted by atomic mass is 32.2. The lowest BCUT2D eigenvalue weighted by molar-refractivity contribution is -0.000672. The lowest BCUT2D eigenvalue weighted by Gasteiger charge is -2.30. The molecule has 7 heteroatoms. The van der Waals surface area contributed by atoms with E-state index in [9.17, 15) is 8.42 Å². The van der Waals surface area contributed by atoms with Crippen molar-refractivity contribution in [3.63, 3.8) is 0 Å². The Morgan fingerprint density at radius 2 is 1.79 bits per heavy atom. The molecule has 24 heavy (non-hydrogen) atoms. The first-order valence-electron chi connectivity index (χ1n) is 8.86. The smallest absolute Gasteiger partial charge is 0.194 e. The highest BCUT2D eigenvalue weighted by molar-refractivity contribution is 7.90. The van der Waals surface area contributed by atoms with Gasteiger partial charge >= 0.3 is 0 Å². The number of sulfone groups is 1. The molecule has 1 saturated carbocycles. The number of nitrogens with zero attached hydrogens (tertiary/aromatic N) is 2. The van der Waals surface area contributed by atoms with Crippen LogP contribution in [0.15, 0.2) is 17.4 Å². The molecule has 1 aliphatic carbocycles. The molecule has 2 fully saturated rings. The molecule has 6 nitrogen and oxygen atoms in total. The molecule has 2 aliphatic rings. The van der Waals surface area contributed by atoms with Crippen LogP contribution < -0.4 is 5.32 Å². The number of ether oxygens (including phenoxy) is 1. The van der Waals surface area contributed by atoms with Crippen molar-refractivity contribution in [1.82, 2.24) is 15.3 Å². The average Bonchev–Trinajstić information content (AvgIpc) is 2.61. The zero-order chi connectivity index (χ0) is 17.0. The Kier molecular flexibility index (Phi) is 5.84. The first-order chi connectivity index (χ1) is 11.5. The van der Waals surface area contributed by atoms with Crippen molar-refractivity contribution in [3.8, 4) is 0 Å². The molecule has 0 bridgehead atoms. The highest BCUT2D eigenvalue weighted by Crippen LogP contribution is 2.33. The molecule has 0 spiro atoms. The Bertz CT molecular complexity index is 619. The van der Waals surface area contributed by atoms with E-state index in [0.717, 1.165) is 57.3 Å². The molecule has 1 aliphatic heterocycles. The van der Waals surface area contributed by atoms with Gasteiger partial charge in [-0.25, -0.2) is 13.4 Å². The Balaban J connectivity index is 1.46. The van der Waals surface area contributed by atoms with Crippen molar-refractivity contribution in [2.75, 3.05) is 26.0 Å². The van der Waals surface area contributed by atoms with E-state index in [2.05, 4.69) is 15.3 Å². The Labute approximate surface area is 144 Å². The lowest BCUT2D eigenvalue weighted by Crippen LogP contribution is -2.31. The summed E-state index contributed by atoms with van der Waals surface area (Å²) >= 11 is 0. The number of hydrogen-bond donors (Lipinski definition) is 1. The van der Waals surface area contributed by atoms with Crippen LogP contribution in [0.5, 0.6) is 0 Å². The summed E-state index contributed by atoms with van der Waals surface area (Å²) < 4.78 is 29.0. The van der Waals surface area contributed by atoms with Crippen molar-refractivity contribution in [2.24, 2.45) is 5.92 Å². The predicted molar refractivity (Wildman–Crippen MR) is 91.7 cm³/mol. The molecule has 134 valence electrons. The van der Waals surface area contributed by atoms with Crippen molar-refractivity contribution in [1.29, 1.82) is 0 Å². The third kappa shape index (κ3) is 4.74. The maximum Gasteiger partial charge on any atom is 0.194 e. The maximum absolute atomic E-state index is 11.4. The summed E-state index contributed by atoms with van der Waals surface area (Å²) in [6.45, 7) is 3.12. The molecule has 1 aromatic rings. The number of piperidine rings is 1. The summed E-state index contributed by atoms with van der Waals surface area (Å²) in [7, 11) is -3.28. The van der Waals surface area contributed by atoms with E-state index in [4.69, 9.17) is 4.74 Å². The van der Waals surface area contributed by atoms with Crippen molar-refractivity contribution >= 4 is 9.84 Å². The van der Waals surface area contributed by atoms with Gasteiger partial charge in [0.15, 0.2) is 14.9 Å². The van der Waals surface area contributed by atoms with Gasteiger partial charge in [-0.15, -0.1) is 0 Å². The quantitative estimate of drug-likeness (QED) is 0.871. The number of hydrogen-bond acceptors (Lipinski definition) is 6. The van der Waals surface area contributed by atoms with E-state index in [1.807, 2.05) is 0 Å². The normalized spacial score (nSPS) is 26.4. The molecular formula is C17H27N3O3S. The molecule has 1 saturated heterocycles. The Morgan fingerprint density at radius 1 is 1.08 bits per heavy atom. The van der Waals surface area contributed by atoms with Crippen molar-refractivity contribution in [3.05, 3.63) is 18.1 Å². The standard InChI is InChI=1S/C17H27N3O3S/c1-24(21,22)17-11-19-16(10-20-17)14-2-4-15(5-3-14)23-12-13-6-8-18-9-7-13/h10-11,13-15,18H,2-9,12H2,1H3. The van der Waals surface area contributed by atoms with Crippen LogP contribution in [0, 0.1) is 5.92 Å². The lowest BCUT2D eigenvalue weighted by atomic mass is 9.85. The van der Waals surface area contributed by atoms with Crippen LogP contribution in [0.3, 0.4) is 0 Å². The average molecular weight is 353 g/mol. The molecular weight excluding hydrogens is 326 g/mol. The fourth-order valence-corrected chi connectivity index (χ4v) is 4.06. The van der Waals surface area contributed by atoms with Crippen molar-refractivity contribution in [2.45, 2.75) is 55.6 Å². The summed E-state index contributed by atoms with van der Waals surface area (Å²) in [6, 6.07) is 0. The molecule has 2 heterocycles. The van der Waals surface area contributed by atoms with Gasteiger partial charge in [0.1, 0.15) is 0 Å². The monoisotopic (exact) mass is 353 g/mol. The van der Waals surface area contributed by atoms with Crippen LogP contribution in [0.4, 0.5) is 0 Å². The highest BCUT2D eigenvalue weighted by Gasteiger charge is 2.25. The number of rotatable bonds is 5. The van der Waals surface area contributed by atoms with Crippen LogP contribution in [0.2, 0.25) is 0 Å². The Morgan fingerprint density at radius 3 is 2.38 bits per heavy atom. The van der Waals surface area contributed by atoms with E-state index in [1.165, 1.54) is 19.0 Å². The van der Waals surface area contributed by atoms with Gasteiger partial charge in [0.05, 0.1) is 24.2 Å². The van der Waals surface area contributed by atoms with E-state index >= 15 is 0 Å². The van der Waals surface area contributed by atoms with Crippen LogP contribution in [-0.4, -0.2) is 50.4 Å². The van der Waals surface area contributed by atoms with E-state index in [0.29, 0.717) is 17.9 Å². The zero-order valence-corrected chi connectivity index (χ0v) is 15.1. The zero-order valence-electron chi connectivity index (χ0n) is 14.3. The number of aromatic nitrogens is 2. The van der Waals surface area contributed by atoms with Gasteiger partial charge in [-0.05, 0) is 57.5 Å². The van der Waals surface area contributed by atoms with E-state index in [-0.39, 0.29) is 5.03 Å². The predicted octanol–water partition coefficient (Wildman–Crippen LogP) is 1.92. The van der Waals surface area contributed by atoms with Crippen LogP contribution in [0.1, 0.15) is 50.1 Å². The summed E-state index contributed by atoms with van der Waals surface area (Å²) in [6.07, 6.45) is 11.1. The minimum Gasteiger partial charge on any atom is -0.378 e. The second kappa shape index (κ2) is 7.89. The van der Waals surface area contributed by atoms with E-state index in [1.54, 1.807) is 6.20 Å². The third-order valence-corrected chi connectivity index (χ3v) is 6.12. The molecule has 3 rings (SSSR count). The Hall–Kier alpha value is -1.05. The van der Waals surface area contributed by atoms with Crippen molar-refractivity contribution < 1.29 is 13.2 Å². The molecule has 1 N–H and O–H groups in total. The fourth-order valence-electron chi connectivity index (χ4n) is 3.57. The van der Waals surface area contributed by atoms with Gasteiger partial charge in [-0.2, -0.15) is 0 Å². The minimum absolute atomic E-state index is 0.0465. The summed E-state index contributed by atoms with van der Waals surface area (Å²) in [5.74, 6) is 1.07. The van der Waals surface area contributed by atoms with Crippen LogP contribution in [0.25, 0.3) is 0 Å².